The Balaban J connectivity index is 1.90. The Morgan fingerprint density at radius 3 is 2.35 bits per heavy atom. The lowest BCUT2D eigenvalue weighted by Gasteiger charge is -2.36. The van der Waals surface area contributed by atoms with Gasteiger partial charge in [0.2, 0.25) is 5.91 Å². The molecule has 1 heterocycles. The summed E-state index contributed by atoms with van der Waals surface area (Å²) in [6, 6.07) is 3.84. The molecule has 0 aromatic carbocycles. The van der Waals surface area contributed by atoms with Crippen molar-refractivity contribution in [2.45, 2.75) is 46.1 Å². The van der Waals surface area contributed by atoms with Crippen molar-refractivity contribution in [2.75, 3.05) is 0 Å². The predicted octanol–water partition coefficient (Wildman–Crippen LogP) is 1.96. The van der Waals surface area contributed by atoms with Gasteiger partial charge in [-0.05, 0) is 44.4 Å². The van der Waals surface area contributed by atoms with Gasteiger partial charge in [0.1, 0.15) is 0 Å². The van der Waals surface area contributed by atoms with Gasteiger partial charge in [0.15, 0.2) is 0 Å². The fraction of sp³-hybridized carbons (Fsp3) is 0.533. The molecule has 5 nitrogen and oxygen atoms in total. The van der Waals surface area contributed by atoms with Gasteiger partial charge in [-0.25, -0.2) is 0 Å². The zero-order valence-electron chi connectivity index (χ0n) is 11.9. The standard InChI is InChI=1S/C15H20N2O3/c1-10-6-12(7-11(2)17-10)9-16-13(18)8-15(14(19)20)4-3-5-15/h6-7H,3-5,8-9H2,1-2H3,(H,16,18)(H,19,20). The van der Waals surface area contributed by atoms with Gasteiger partial charge < -0.3 is 10.4 Å². The molecule has 1 aromatic heterocycles. The molecule has 0 unspecified atom stereocenters. The molecule has 20 heavy (non-hydrogen) atoms. The highest BCUT2D eigenvalue weighted by Gasteiger charge is 2.45. The summed E-state index contributed by atoms with van der Waals surface area (Å²) in [4.78, 5) is 27.4. The number of aliphatic carboxylic acids is 1. The average Bonchev–Trinajstić information content (AvgIpc) is 2.29. The fourth-order valence-corrected chi connectivity index (χ4v) is 2.66. The van der Waals surface area contributed by atoms with Gasteiger partial charge in [0.05, 0.1) is 5.41 Å². The predicted molar refractivity (Wildman–Crippen MR) is 74.1 cm³/mol. The van der Waals surface area contributed by atoms with E-state index in [0.29, 0.717) is 19.4 Å². The quantitative estimate of drug-likeness (QED) is 0.861. The number of aryl methyl sites for hydroxylation is 2. The van der Waals surface area contributed by atoms with Crippen LogP contribution in [0.15, 0.2) is 12.1 Å². The van der Waals surface area contributed by atoms with Crippen LogP contribution in [-0.4, -0.2) is 22.0 Å². The molecule has 1 aromatic rings. The average molecular weight is 276 g/mol. The van der Waals surface area contributed by atoms with Crippen molar-refractivity contribution in [3.8, 4) is 0 Å². The van der Waals surface area contributed by atoms with Crippen LogP contribution in [0.25, 0.3) is 0 Å². The molecule has 1 saturated carbocycles. The SMILES string of the molecule is Cc1cc(CNC(=O)CC2(C(=O)O)CCC2)cc(C)n1. The normalized spacial score (nSPS) is 16.3. The Hall–Kier alpha value is -1.91. The van der Waals surface area contributed by atoms with E-state index in [1.807, 2.05) is 26.0 Å². The lowest BCUT2D eigenvalue weighted by molar-refractivity contribution is -0.157. The number of hydrogen-bond donors (Lipinski definition) is 2. The summed E-state index contributed by atoms with van der Waals surface area (Å²) in [6.07, 6.45) is 2.17. The molecule has 0 saturated heterocycles. The number of rotatable bonds is 5. The molecule has 0 radical (unpaired) electrons. The van der Waals surface area contributed by atoms with E-state index >= 15 is 0 Å². The van der Waals surface area contributed by atoms with Crippen LogP contribution in [0.1, 0.15) is 42.6 Å². The Bertz CT molecular complexity index is 516. The van der Waals surface area contributed by atoms with Crippen LogP contribution in [0, 0.1) is 19.3 Å². The van der Waals surface area contributed by atoms with E-state index in [0.717, 1.165) is 23.4 Å². The maximum absolute atomic E-state index is 11.9. The summed E-state index contributed by atoms with van der Waals surface area (Å²) < 4.78 is 0. The number of amides is 1. The van der Waals surface area contributed by atoms with E-state index < -0.39 is 11.4 Å². The van der Waals surface area contributed by atoms with Gasteiger partial charge >= 0.3 is 5.97 Å². The Labute approximate surface area is 118 Å². The van der Waals surface area contributed by atoms with Crippen molar-refractivity contribution < 1.29 is 14.7 Å². The second-order valence-corrected chi connectivity index (χ2v) is 5.65. The topological polar surface area (TPSA) is 79.3 Å². The van der Waals surface area contributed by atoms with E-state index in [1.165, 1.54) is 0 Å². The summed E-state index contributed by atoms with van der Waals surface area (Å²) in [7, 11) is 0. The van der Waals surface area contributed by atoms with Crippen molar-refractivity contribution >= 4 is 11.9 Å². The lowest BCUT2D eigenvalue weighted by Crippen LogP contribution is -2.42. The van der Waals surface area contributed by atoms with Crippen molar-refractivity contribution in [2.24, 2.45) is 5.41 Å². The summed E-state index contributed by atoms with van der Waals surface area (Å²) in [5.74, 6) is -1.05. The molecule has 108 valence electrons. The number of aromatic nitrogens is 1. The lowest BCUT2D eigenvalue weighted by atomic mass is 9.66. The highest BCUT2D eigenvalue weighted by molar-refractivity contribution is 5.85. The molecule has 5 heteroatoms. The number of carboxylic acids is 1. The summed E-state index contributed by atoms with van der Waals surface area (Å²) >= 11 is 0. The van der Waals surface area contributed by atoms with E-state index in [-0.39, 0.29) is 12.3 Å². The second-order valence-electron chi connectivity index (χ2n) is 5.65. The fourth-order valence-electron chi connectivity index (χ4n) is 2.66. The van der Waals surface area contributed by atoms with Crippen LogP contribution in [0.4, 0.5) is 0 Å². The van der Waals surface area contributed by atoms with Gasteiger partial charge in [-0.2, -0.15) is 0 Å². The molecule has 1 aliphatic rings. The minimum absolute atomic E-state index is 0.0748. The molecule has 1 fully saturated rings. The van der Waals surface area contributed by atoms with E-state index in [1.54, 1.807) is 0 Å². The smallest absolute Gasteiger partial charge is 0.310 e. The molecular weight excluding hydrogens is 256 g/mol. The van der Waals surface area contributed by atoms with Crippen molar-refractivity contribution in [3.05, 3.63) is 29.1 Å². The maximum Gasteiger partial charge on any atom is 0.310 e. The van der Waals surface area contributed by atoms with Gasteiger partial charge in [0, 0.05) is 24.4 Å². The number of nitrogens with zero attached hydrogens (tertiary/aromatic N) is 1. The minimum Gasteiger partial charge on any atom is -0.481 e. The first-order valence-corrected chi connectivity index (χ1v) is 6.86. The largest absolute Gasteiger partial charge is 0.481 e. The van der Waals surface area contributed by atoms with Crippen LogP contribution >= 0.6 is 0 Å². The Kier molecular flexibility index (Phi) is 4.06. The zero-order chi connectivity index (χ0) is 14.8. The first-order valence-electron chi connectivity index (χ1n) is 6.86. The monoisotopic (exact) mass is 276 g/mol. The van der Waals surface area contributed by atoms with Crippen molar-refractivity contribution in [3.63, 3.8) is 0 Å². The molecular formula is C15H20N2O3. The molecule has 0 atom stereocenters. The summed E-state index contributed by atoms with van der Waals surface area (Å²) in [6.45, 7) is 4.23. The van der Waals surface area contributed by atoms with E-state index in [4.69, 9.17) is 0 Å². The maximum atomic E-state index is 11.9. The number of pyridine rings is 1. The van der Waals surface area contributed by atoms with Gasteiger partial charge in [0.25, 0.3) is 0 Å². The zero-order valence-corrected chi connectivity index (χ0v) is 11.9. The third kappa shape index (κ3) is 3.15. The van der Waals surface area contributed by atoms with Crippen LogP contribution in [0.2, 0.25) is 0 Å². The van der Waals surface area contributed by atoms with Crippen molar-refractivity contribution in [1.82, 2.24) is 10.3 Å². The number of nitrogens with one attached hydrogen (secondary N) is 1. The minimum atomic E-state index is -0.852. The Morgan fingerprint density at radius 2 is 1.90 bits per heavy atom. The number of carboxylic acid groups (broad SMARTS) is 1. The summed E-state index contributed by atoms with van der Waals surface area (Å²) in [5, 5.41) is 12.0. The van der Waals surface area contributed by atoms with E-state index in [9.17, 15) is 14.7 Å². The van der Waals surface area contributed by atoms with Gasteiger partial charge in [-0.1, -0.05) is 6.42 Å². The molecule has 2 rings (SSSR count). The number of carbonyl (C=O) groups is 2. The molecule has 1 aliphatic carbocycles. The molecule has 2 N–H and O–H groups in total. The summed E-state index contributed by atoms with van der Waals surface area (Å²) in [5.41, 5.74) is 1.99. The van der Waals surface area contributed by atoms with Gasteiger partial charge in [-0.15, -0.1) is 0 Å². The van der Waals surface area contributed by atoms with Crippen LogP contribution in [0.5, 0.6) is 0 Å². The van der Waals surface area contributed by atoms with Crippen molar-refractivity contribution in [1.29, 1.82) is 0 Å². The first-order chi connectivity index (χ1) is 9.41. The highest BCUT2D eigenvalue weighted by Crippen LogP contribution is 2.44. The van der Waals surface area contributed by atoms with Crippen LogP contribution < -0.4 is 5.32 Å². The Morgan fingerprint density at radius 1 is 1.30 bits per heavy atom. The first kappa shape index (κ1) is 14.5. The molecule has 1 amide bonds. The van der Waals surface area contributed by atoms with Crippen LogP contribution in [0.3, 0.4) is 0 Å². The number of carbonyl (C=O) groups excluding carboxylic acids is 1. The third-order valence-electron chi connectivity index (χ3n) is 3.89. The third-order valence-corrected chi connectivity index (χ3v) is 3.89. The molecule has 0 aliphatic heterocycles. The highest BCUT2D eigenvalue weighted by atomic mass is 16.4. The number of hydrogen-bond acceptors (Lipinski definition) is 3. The molecule has 0 spiro atoms. The van der Waals surface area contributed by atoms with Gasteiger partial charge in [-0.3, -0.25) is 14.6 Å². The molecule has 0 bridgehead atoms. The van der Waals surface area contributed by atoms with Crippen LogP contribution in [-0.2, 0) is 16.1 Å². The second kappa shape index (κ2) is 5.61. The van der Waals surface area contributed by atoms with E-state index in [2.05, 4.69) is 10.3 Å².